The summed E-state index contributed by atoms with van der Waals surface area (Å²) in [6, 6.07) is 0. The third-order valence-electron chi connectivity index (χ3n) is 4.17. The highest BCUT2D eigenvalue weighted by Gasteiger charge is 2.14. The molecule has 0 aromatic rings. The van der Waals surface area contributed by atoms with Crippen molar-refractivity contribution in [1.29, 1.82) is 0 Å². The molecule has 0 unspecified atom stereocenters. The number of likely N-dealkylation sites (tertiary alicyclic amines) is 1. The van der Waals surface area contributed by atoms with E-state index in [0.717, 1.165) is 31.4 Å². The van der Waals surface area contributed by atoms with E-state index < -0.39 is 0 Å². The number of nitrogens with zero attached hydrogens (tertiary/aromatic N) is 3. The quantitative estimate of drug-likeness (QED) is 0.272. The Morgan fingerprint density at radius 3 is 2.39 bits per heavy atom. The summed E-state index contributed by atoms with van der Waals surface area (Å²) in [4.78, 5) is 19.8. The molecule has 0 bridgehead atoms. The van der Waals surface area contributed by atoms with Crippen molar-refractivity contribution in [2.24, 2.45) is 10.9 Å². The third kappa shape index (κ3) is 10.0. The van der Waals surface area contributed by atoms with Gasteiger partial charge in [-0.05, 0) is 44.8 Å². The minimum Gasteiger partial charge on any atom is -0.356 e. The molecule has 1 fully saturated rings. The summed E-state index contributed by atoms with van der Waals surface area (Å²) in [6.45, 7) is 7.49. The Morgan fingerprint density at radius 2 is 1.83 bits per heavy atom. The Balaban J connectivity index is 0.00000484. The van der Waals surface area contributed by atoms with Crippen LogP contribution in [0.3, 0.4) is 0 Å². The lowest BCUT2D eigenvalue weighted by molar-refractivity contribution is -0.128. The van der Waals surface area contributed by atoms with Gasteiger partial charge in [-0.15, -0.1) is 24.0 Å². The number of piperidine rings is 1. The van der Waals surface area contributed by atoms with Gasteiger partial charge in [0.1, 0.15) is 0 Å². The Kier molecular flexibility index (Phi) is 12.5. The van der Waals surface area contributed by atoms with Gasteiger partial charge in [-0.3, -0.25) is 9.79 Å². The number of rotatable bonds is 7. The normalized spacial score (nSPS) is 16.6. The van der Waals surface area contributed by atoms with Crippen LogP contribution in [0.25, 0.3) is 0 Å². The zero-order chi connectivity index (χ0) is 16.4. The first-order chi connectivity index (χ1) is 10.5. The fraction of sp³-hybridized carbons (Fsp3) is 0.875. The van der Waals surface area contributed by atoms with E-state index in [2.05, 4.69) is 27.4 Å². The van der Waals surface area contributed by atoms with Crippen LogP contribution < -0.4 is 10.6 Å². The number of carbonyl (C=O) groups is 1. The molecule has 1 saturated heterocycles. The lowest BCUT2D eigenvalue weighted by atomic mass is 9.99. The Morgan fingerprint density at radius 1 is 1.22 bits per heavy atom. The minimum atomic E-state index is 0. The number of carbonyl (C=O) groups excluding carboxylic acids is 1. The molecular formula is C16H34IN5O. The summed E-state index contributed by atoms with van der Waals surface area (Å²) in [5.41, 5.74) is 0. The van der Waals surface area contributed by atoms with Gasteiger partial charge in [0.05, 0.1) is 0 Å². The van der Waals surface area contributed by atoms with Crippen LogP contribution in [0.5, 0.6) is 0 Å². The zero-order valence-corrected chi connectivity index (χ0v) is 17.4. The van der Waals surface area contributed by atoms with Gasteiger partial charge < -0.3 is 20.4 Å². The molecule has 2 N–H and O–H groups in total. The lowest BCUT2D eigenvalue weighted by Gasteiger charge is -2.30. The van der Waals surface area contributed by atoms with Crippen LogP contribution in [-0.4, -0.2) is 75.5 Å². The number of nitrogens with one attached hydrogen (secondary N) is 2. The molecule has 0 saturated carbocycles. The number of amides is 1. The summed E-state index contributed by atoms with van der Waals surface area (Å²) in [7, 11) is 5.31. The van der Waals surface area contributed by atoms with E-state index in [1.54, 1.807) is 26.0 Å². The van der Waals surface area contributed by atoms with E-state index in [1.807, 2.05) is 0 Å². The molecule has 23 heavy (non-hydrogen) atoms. The first kappa shape index (κ1) is 22.4. The van der Waals surface area contributed by atoms with Crippen LogP contribution in [0.4, 0.5) is 0 Å². The number of aliphatic imine (C=N–C) groups is 1. The molecule has 1 aliphatic heterocycles. The molecule has 0 spiro atoms. The van der Waals surface area contributed by atoms with Crippen LogP contribution >= 0.6 is 24.0 Å². The van der Waals surface area contributed by atoms with Crippen molar-refractivity contribution in [2.45, 2.75) is 32.6 Å². The number of hydrogen-bond donors (Lipinski definition) is 2. The van der Waals surface area contributed by atoms with Gasteiger partial charge in [0.2, 0.25) is 5.91 Å². The maximum atomic E-state index is 11.5. The maximum Gasteiger partial charge on any atom is 0.223 e. The average molecular weight is 439 g/mol. The van der Waals surface area contributed by atoms with Crippen molar-refractivity contribution < 1.29 is 4.79 Å². The zero-order valence-electron chi connectivity index (χ0n) is 15.1. The second-order valence-electron chi connectivity index (χ2n) is 6.34. The fourth-order valence-corrected chi connectivity index (χ4v) is 2.53. The molecule has 1 aliphatic rings. The van der Waals surface area contributed by atoms with Crippen molar-refractivity contribution in [2.75, 3.05) is 53.9 Å². The Hall–Kier alpha value is -0.570. The molecule has 1 amide bonds. The van der Waals surface area contributed by atoms with Gasteiger partial charge in [0.15, 0.2) is 5.96 Å². The van der Waals surface area contributed by atoms with Gasteiger partial charge in [-0.2, -0.15) is 0 Å². The standard InChI is InChI=1S/C16H33N5O.HI/c1-14-7-12-21(13-8-14)11-5-9-18-16(17-2)19-10-6-15(22)20(3)4;/h14H,5-13H2,1-4H3,(H2,17,18,19);1H. The van der Waals surface area contributed by atoms with Gasteiger partial charge in [0.25, 0.3) is 0 Å². The predicted octanol–water partition coefficient (Wildman–Crippen LogP) is 1.37. The van der Waals surface area contributed by atoms with Crippen molar-refractivity contribution in [3.63, 3.8) is 0 Å². The topological polar surface area (TPSA) is 60.0 Å². The number of hydrogen-bond acceptors (Lipinski definition) is 3. The van der Waals surface area contributed by atoms with Crippen LogP contribution in [0.1, 0.15) is 32.6 Å². The minimum absolute atomic E-state index is 0. The van der Waals surface area contributed by atoms with E-state index in [4.69, 9.17) is 0 Å². The highest BCUT2D eigenvalue weighted by molar-refractivity contribution is 14.0. The van der Waals surface area contributed by atoms with E-state index in [1.165, 1.54) is 25.9 Å². The monoisotopic (exact) mass is 439 g/mol. The SMILES string of the molecule is CN=C(NCCCN1CCC(C)CC1)NCCC(=O)N(C)C.I. The first-order valence-corrected chi connectivity index (χ1v) is 8.40. The summed E-state index contributed by atoms with van der Waals surface area (Å²) in [6.07, 6.45) is 4.26. The van der Waals surface area contributed by atoms with Crippen LogP contribution in [0.2, 0.25) is 0 Å². The number of halogens is 1. The predicted molar refractivity (Wildman–Crippen MR) is 108 cm³/mol. The summed E-state index contributed by atoms with van der Waals surface area (Å²) in [5, 5.41) is 6.49. The van der Waals surface area contributed by atoms with Crippen molar-refractivity contribution in [3.8, 4) is 0 Å². The summed E-state index contributed by atoms with van der Waals surface area (Å²) < 4.78 is 0. The first-order valence-electron chi connectivity index (χ1n) is 8.40. The molecule has 0 radical (unpaired) electrons. The number of guanidine groups is 1. The second kappa shape index (κ2) is 12.8. The van der Waals surface area contributed by atoms with E-state index in [9.17, 15) is 4.79 Å². The van der Waals surface area contributed by atoms with Crippen LogP contribution in [-0.2, 0) is 4.79 Å². The van der Waals surface area contributed by atoms with Gasteiger partial charge in [-0.25, -0.2) is 0 Å². The molecule has 0 aliphatic carbocycles. The molecule has 0 atom stereocenters. The third-order valence-corrected chi connectivity index (χ3v) is 4.17. The van der Waals surface area contributed by atoms with Gasteiger partial charge >= 0.3 is 0 Å². The van der Waals surface area contributed by atoms with Crippen molar-refractivity contribution in [3.05, 3.63) is 0 Å². The van der Waals surface area contributed by atoms with Crippen LogP contribution in [0, 0.1) is 5.92 Å². The average Bonchev–Trinajstić information content (AvgIpc) is 2.51. The molecule has 0 aromatic heterocycles. The highest BCUT2D eigenvalue weighted by atomic mass is 127. The second-order valence-corrected chi connectivity index (χ2v) is 6.34. The summed E-state index contributed by atoms with van der Waals surface area (Å²) in [5.74, 6) is 1.79. The smallest absolute Gasteiger partial charge is 0.223 e. The molecule has 7 heteroatoms. The van der Waals surface area contributed by atoms with Gasteiger partial charge in [-0.1, -0.05) is 6.92 Å². The molecular weight excluding hydrogens is 405 g/mol. The van der Waals surface area contributed by atoms with Gasteiger partial charge in [0, 0.05) is 40.7 Å². The molecule has 6 nitrogen and oxygen atoms in total. The fourth-order valence-electron chi connectivity index (χ4n) is 2.53. The Labute approximate surface area is 158 Å². The largest absolute Gasteiger partial charge is 0.356 e. The van der Waals surface area contributed by atoms with Crippen LogP contribution in [0.15, 0.2) is 4.99 Å². The molecule has 1 heterocycles. The molecule has 0 aromatic carbocycles. The van der Waals surface area contributed by atoms with Crippen molar-refractivity contribution >= 4 is 35.8 Å². The van der Waals surface area contributed by atoms with E-state index in [0.29, 0.717) is 13.0 Å². The lowest BCUT2D eigenvalue weighted by Crippen LogP contribution is -2.41. The summed E-state index contributed by atoms with van der Waals surface area (Å²) >= 11 is 0. The van der Waals surface area contributed by atoms with Crippen molar-refractivity contribution in [1.82, 2.24) is 20.4 Å². The van der Waals surface area contributed by atoms with E-state index >= 15 is 0 Å². The Bertz CT molecular complexity index is 354. The van der Waals surface area contributed by atoms with E-state index in [-0.39, 0.29) is 29.9 Å². The molecule has 1 rings (SSSR count). The molecule has 136 valence electrons. The maximum absolute atomic E-state index is 11.5. The highest BCUT2D eigenvalue weighted by Crippen LogP contribution is 2.15.